The summed E-state index contributed by atoms with van der Waals surface area (Å²) in [6.45, 7) is 0. The Morgan fingerprint density at radius 3 is 2.64 bits per heavy atom. The third-order valence-electron chi connectivity index (χ3n) is 3.96. The zero-order chi connectivity index (χ0) is 17.2. The molecule has 0 aliphatic rings. The van der Waals surface area contributed by atoms with E-state index in [2.05, 4.69) is 20.5 Å². The molecule has 1 N–H and O–H groups in total. The maximum atomic E-state index is 12.6. The summed E-state index contributed by atoms with van der Waals surface area (Å²) < 4.78 is 1.80. The second-order valence-electron chi connectivity index (χ2n) is 5.65. The third-order valence-corrected chi connectivity index (χ3v) is 3.96. The lowest BCUT2D eigenvalue weighted by Crippen LogP contribution is -2.14. The van der Waals surface area contributed by atoms with Gasteiger partial charge in [0.1, 0.15) is 12.0 Å². The summed E-state index contributed by atoms with van der Waals surface area (Å²) >= 11 is 0. The Balaban J connectivity index is 1.68. The monoisotopic (exact) mass is 329 g/mol. The van der Waals surface area contributed by atoms with Crippen molar-refractivity contribution in [3.8, 4) is 11.4 Å². The van der Waals surface area contributed by atoms with Crippen molar-refractivity contribution in [2.75, 3.05) is 5.32 Å². The van der Waals surface area contributed by atoms with Crippen LogP contribution < -0.4 is 5.32 Å². The molecule has 0 radical (unpaired) electrons. The molecule has 1 amide bonds. The van der Waals surface area contributed by atoms with Crippen molar-refractivity contribution in [2.45, 2.75) is 0 Å². The van der Waals surface area contributed by atoms with Gasteiger partial charge >= 0.3 is 0 Å². The second kappa shape index (κ2) is 6.16. The van der Waals surface area contributed by atoms with Crippen LogP contribution in [0.2, 0.25) is 0 Å². The number of hydrogen-bond acceptors (Lipinski definition) is 4. The lowest BCUT2D eigenvalue weighted by atomic mass is 10.1. The fourth-order valence-corrected chi connectivity index (χ4v) is 2.69. The van der Waals surface area contributed by atoms with Gasteiger partial charge in [-0.2, -0.15) is 0 Å². The first kappa shape index (κ1) is 15.0. The molecule has 0 spiro atoms. The molecule has 6 nitrogen and oxygen atoms in total. The van der Waals surface area contributed by atoms with Gasteiger partial charge < -0.3 is 9.88 Å². The number of carbonyl (C=O) groups excluding carboxylic acids is 1. The Kier molecular flexibility index (Phi) is 3.70. The first-order chi connectivity index (χ1) is 12.2. The fraction of sp³-hybridized carbons (Fsp3) is 0.0526. The normalized spacial score (nSPS) is 10.8. The van der Waals surface area contributed by atoms with E-state index in [1.54, 1.807) is 17.0 Å². The van der Waals surface area contributed by atoms with E-state index in [1.807, 2.05) is 61.6 Å². The Morgan fingerprint density at radius 1 is 1.00 bits per heavy atom. The van der Waals surface area contributed by atoms with Crippen molar-refractivity contribution in [3.05, 3.63) is 72.7 Å². The molecule has 0 fully saturated rings. The Bertz CT molecular complexity index is 1070. The zero-order valence-corrected chi connectivity index (χ0v) is 13.5. The number of rotatable bonds is 3. The molecule has 25 heavy (non-hydrogen) atoms. The second-order valence-corrected chi connectivity index (χ2v) is 5.65. The van der Waals surface area contributed by atoms with Crippen molar-refractivity contribution >= 4 is 22.5 Å². The van der Waals surface area contributed by atoms with Gasteiger partial charge in [-0.05, 0) is 24.3 Å². The molecule has 6 heteroatoms. The number of benzene rings is 2. The summed E-state index contributed by atoms with van der Waals surface area (Å²) in [7, 11) is 1.86. The van der Waals surface area contributed by atoms with Gasteiger partial charge in [-0.15, -0.1) is 10.2 Å². The van der Waals surface area contributed by atoms with Crippen LogP contribution >= 0.6 is 0 Å². The van der Waals surface area contributed by atoms with Crippen LogP contribution in [0.25, 0.3) is 22.3 Å². The maximum absolute atomic E-state index is 12.6. The van der Waals surface area contributed by atoms with Gasteiger partial charge in [0.25, 0.3) is 5.91 Å². The summed E-state index contributed by atoms with van der Waals surface area (Å²) in [4.78, 5) is 17.1. The third kappa shape index (κ3) is 2.85. The Morgan fingerprint density at radius 2 is 1.80 bits per heavy atom. The van der Waals surface area contributed by atoms with Crippen LogP contribution in [0.3, 0.4) is 0 Å². The van der Waals surface area contributed by atoms with Gasteiger partial charge in [0.15, 0.2) is 5.82 Å². The van der Waals surface area contributed by atoms with Gasteiger partial charge in [-0.25, -0.2) is 4.98 Å². The van der Waals surface area contributed by atoms with E-state index >= 15 is 0 Å². The number of aromatic nitrogens is 4. The minimum atomic E-state index is -0.264. The van der Waals surface area contributed by atoms with Crippen molar-refractivity contribution < 1.29 is 4.79 Å². The quantitative estimate of drug-likeness (QED) is 0.626. The minimum absolute atomic E-state index is 0.264. The highest BCUT2D eigenvalue weighted by Gasteiger charge is 2.14. The highest BCUT2D eigenvalue weighted by Crippen LogP contribution is 2.26. The molecule has 4 aromatic rings. The summed E-state index contributed by atoms with van der Waals surface area (Å²) in [5.74, 6) is 0.419. The molecule has 122 valence electrons. The summed E-state index contributed by atoms with van der Waals surface area (Å²) in [6, 6.07) is 18.8. The average molecular weight is 329 g/mol. The van der Waals surface area contributed by atoms with Gasteiger partial charge in [-0.1, -0.05) is 36.4 Å². The lowest BCUT2D eigenvalue weighted by molar-refractivity contribution is 0.102. The SMILES string of the molecule is Cn1cnnc1-c1ccccc1NC(=O)c1ccc2ccccc2n1. The standard InChI is InChI=1S/C19H15N5O/c1-24-12-20-23-18(24)14-7-3-5-9-16(14)22-19(25)17-11-10-13-6-2-4-8-15(13)21-17/h2-12H,1H3,(H,22,25). The smallest absolute Gasteiger partial charge is 0.274 e. The Labute approximate surface area is 144 Å². The number of fused-ring (bicyclic) bond motifs is 1. The summed E-state index contributed by atoms with van der Waals surface area (Å²) in [5.41, 5.74) is 2.62. The van der Waals surface area contributed by atoms with Crippen molar-refractivity contribution in [1.29, 1.82) is 0 Å². The number of para-hydroxylation sites is 2. The van der Waals surface area contributed by atoms with E-state index in [1.165, 1.54) is 0 Å². The number of nitrogens with zero attached hydrogens (tertiary/aromatic N) is 4. The largest absolute Gasteiger partial charge is 0.320 e. The molecule has 2 aromatic heterocycles. The highest BCUT2D eigenvalue weighted by molar-refractivity contribution is 6.05. The maximum Gasteiger partial charge on any atom is 0.274 e. The first-order valence-electron chi connectivity index (χ1n) is 7.83. The van der Waals surface area contributed by atoms with Crippen molar-refractivity contribution in [3.63, 3.8) is 0 Å². The number of aryl methyl sites for hydroxylation is 1. The number of pyridine rings is 1. The van der Waals surface area contributed by atoms with Gasteiger partial charge in [-0.3, -0.25) is 4.79 Å². The fourth-order valence-electron chi connectivity index (χ4n) is 2.69. The number of nitrogens with one attached hydrogen (secondary N) is 1. The van der Waals surface area contributed by atoms with Crippen LogP contribution in [0.4, 0.5) is 5.69 Å². The van der Waals surface area contributed by atoms with Gasteiger partial charge in [0, 0.05) is 18.0 Å². The average Bonchev–Trinajstić information content (AvgIpc) is 3.07. The number of carbonyl (C=O) groups is 1. The molecule has 4 rings (SSSR count). The van der Waals surface area contributed by atoms with Crippen LogP contribution in [0.1, 0.15) is 10.5 Å². The minimum Gasteiger partial charge on any atom is -0.320 e. The summed E-state index contributed by atoms with van der Waals surface area (Å²) in [5, 5.41) is 11.9. The Hall–Kier alpha value is -3.54. The molecular formula is C19H15N5O. The van der Waals surface area contributed by atoms with Crippen molar-refractivity contribution in [1.82, 2.24) is 19.7 Å². The highest BCUT2D eigenvalue weighted by atomic mass is 16.1. The zero-order valence-electron chi connectivity index (χ0n) is 13.5. The van der Waals surface area contributed by atoms with Gasteiger partial charge in [0.05, 0.1) is 11.2 Å². The van der Waals surface area contributed by atoms with E-state index in [4.69, 9.17) is 0 Å². The van der Waals surface area contributed by atoms with Crippen LogP contribution in [-0.2, 0) is 7.05 Å². The van der Waals surface area contributed by atoms with Crippen LogP contribution in [-0.4, -0.2) is 25.7 Å². The topological polar surface area (TPSA) is 72.7 Å². The van der Waals surface area contributed by atoms with E-state index in [-0.39, 0.29) is 5.91 Å². The molecule has 0 aliphatic carbocycles. The molecule has 0 aliphatic heterocycles. The van der Waals surface area contributed by atoms with E-state index < -0.39 is 0 Å². The predicted octanol–water partition coefficient (Wildman–Crippen LogP) is 3.28. The van der Waals surface area contributed by atoms with Crippen LogP contribution in [0.5, 0.6) is 0 Å². The van der Waals surface area contributed by atoms with Crippen LogP contribution in [0.15, 0.2) is 67.0 Å². The molecule has 0 atom stereocenters. The van der Waals surface area contributed by atoms with E-state index in [0.717, 1.165) is 16.5 Å². The molecule has 0 saturated carbocycles. The van der Waals surface area contributed by atoms with Crippen LogP contribution in [0, 0.1) is 0 Å². The number of amides is 1. The summed E-state index contributed by atoms with van der Waals surface area (Å²) in [6.07, 6.45) is 1.62. The lowest BCUT2D eigenvalue weighted by Gasteiger charge is -2.10. The number of anilines is 1. The van der Waals surface area contributed by atoms with E-state index in [0.29, 0.717) is 17.2 Å². The van der Waals surface area contributed by atoms with Gasteiger partial charge in [0.2, 0.25) is 0 Å². The first-order valence-corrected chi connectivity index (χ1v) is 7.83. The number of hydrogen-bond donors (Lipinski definition) is 1. The van der Waals surface area contributed by atoms with Crippen molar-refractivity contribution in [2.24, 2.45) is 7.05 Å². The predicted molar refractivity (Wildman–Crippen MR) is 96.1 cm³/mol. The molecule has 0 bridgehead atoms. The molecule has 2 heterocycles. The van der Waals surface area contributed by atoms with E-state index in [9.17, 15) is 4.79 Å². The molecule has 2 aromatic carbocycles. The molecular weight excluding hydrogens is 314 g/mol. The molecule has 0 unspecified atom stereocenters. The molecule has 0 saturated heterocycles.